The highest BCUT2D eigenvalue weighted by Crippen LogP contribution is 2.37. The van der Waals surface area contributed by atoms with Crippen molar-refractivity contribution in [3.63, 3.8) is 0 Å². The van der Waals surface area contributed by atoms with Gasteiger partial charge in [0.15, 0.2) is 0 Å². The molecule has 0 aliphatic rings. The molecule has 0 fully saturated rings. The van der Waals surface area contributed by atoms with Crippen LogP contribution in [-0.2, 0) is 38.6 Å². The molecule has 2 amide bonds. The number of benzene rings is 4. The van der Waals surface area contributed by atoms with Crippen LogP contribution in [0, 0.1) is 23.0 Å². The van der Waals surface area contributed by atoms with Gasteiger partial charge in [-0.25, -0.2) is 26.6 Å². The summed E-state index contributed by atoms with van der Waals surface area (Å²) in [5.74, 6) is -3.59. The van der Waals surface area contributed by atoms with E-state index in [1.165, 1.54) is 55.6 Å². The number of ether oxygens (including phenoxy) is 1. The van der Waals surface area contributed by atoms with E-state index in [0.29, 0.717) is 12.8 Å². The molecule has 0 saturated carbocycles. The van der Waals surface area contributed by atoms with E-state index in [1.807, 2.05) is 17.7 Å². The molecule has 1 aromatic heterocycles. The van der Waals surface area contributed by atoms with Gasteiger partial charge in [0.2, 0.25) is 5.91 Å². The summed E-state index contributed by atoms with van der Waals surface area (Å²) in [6.45, 7) is 1.53. The lowest BCUT2D eigenvalue weighted by atomic mass is 9.97. The maximum atomic E-state index is 16.0. The van der Waals surface area contributed by atoms with Gasteiger partial charge in [0.1, 0.15) is 30.0 Å². The van der Waals surface area contributed by atoms with Crippen LogP contribution in [0.1, 0.15) is 58.2 Å². The smallest absolute Gasteiger partial charge is 0.375 e. The number of methoxy groups -OCH3 is 1. The summed E-state index contributed by atoms with van der Waals surface area (Å²) in [4.78, 5) is 24.4. The number of aryl methyl sites for hydroxylation is 1. The molecule has 0 aliphatic carbocycles. The highest BCUT2D eigenvalue weighted by molar-refractivity contribution is 7.90. The molecule has 4 aromatic carbocycles. The van der Waals surface area contributed by atoms with Crippen molar-refractivity contribution >= 4 is 27.5 Å². The number of nitrogens with one attached hydrogen (secondary N) is 2. The second-order valence-electron chi connectivity index (χ2n) is 12.0. The average molecular weight is 766 g/mol. The van der Waals surface area contributed by atoms with Crippen molar-refractivity contribution < 1.29 is 44.7 Å². The van der Waals surface area contributed by atoms with Crippen molar-refractivity contribution in [2.75, 3.05) is 19.0 Å². The number of anilines is 1. The van der Waals surface area contributed by atoms with Gasteiger partial charge in [0, 0.05) is 30.3 Å². The summed E-state index contributed by atoms with van der Waals surface area (Å²) in [6.07, 6.45) is -3.66. The number of hydrogen-bond donors (Lipinski definition) is 2. The van der Waals surface area contributed by atoms with Gasteiger partial charge in [-0.3, -0.25) is 9.59 Å². The monoisotopic (exact) mass is 765 g/mol. The first-order valence-electron chi connectivity index (χ1n) is 16.4. The van der Waals surface area contributed by atoms with Gasteiger partial charge in [-0.1, -0.05) is 55.8 Å². The number of nitrogens with zero attached hydrogens (tertiary/aromatic N) is 3. The average Bonchev–Trinajstić information content (AvgIpc) is 3.47. The number of carbonyl (C=O) groups is 2. The van der Waals surface area contributed by atoms with Crippen molar-refractivity contribution in [3.05, 3.63) is 130 Å². The Hall–Kier alpha value is -5.92. The first-order valence-corrected chi connectivity index (χ1v) is 17.9. The molecule has 54 heavy (non-hydrogen) atoms. The van der Waals surface area contributed by atoms with E-state index in [4.69, 9.17) is 4.74 Å². The Labute approximate surface area is 307 Å². The Kier molecular flexibility index (Phi) is 11.9. The van der Waals surface area contributed by atoms with Crippen LogP contribution < -0.4 is 10.0 Å². The van der Waals surface area contributed by atoms with Crippen molar-refractivity contribution in [2.24, 2.45) is 0 Å². The number of amides is 2. The Morgan fingerprint density at radius 3 is 2.35 bits per heavy atom. The normalized spacial score (nSPS) is 11.6. The fourth-order valence-corrected chi connectivity index (χ4v) is 6.93. The topological polar surface area (TPSA) is 143 Å². The number of rotatable bonds is 13. The third-order valence-corrected chi connectivity index (χ3v) is 9.67. The number of alkyl halides is 3. The molecule has 0 aliphatic heterocycles. The van der Waals surface area contributed by atoms with Gasteiger partial charge < -0.3 is 10.1 Å². The molecule has 5 aromatic rings. The van der Waals surface area contributed by atoms with Gasteiger partial charge in [-0.2, -0.15) is 23.5 Å². The fourth-order valence-electron chi connectivity index (χ4n) is 5.73. The Balaban J connectivity index is 1.54. The van der Waals surface area contributed by atoms with Crippen LogP contribution in [0.15, 0.2) is 89.8 Å². The molecule has 0 atom stereocenters. The summed E-state index contributed by atoms with van der Waals surface area (Å²) in [5.41, 5.74) is -1.87. The molecule has 10 nitrogen and oxygen atoms in total. The Morgan fingerprint density at radius 1 is 0.963 bits per heavy atom. The molecule has 0 radical (unpaired) electrons. The molecule has 1 heterocycles. The molecule has 0 saturated heterocycles. The van der Waals surface area contributed by atoms with Crippen LogP contribution in [0.2, 0.25) is 0 Å². The number of hydrogen-bond acceptors (Lipinski definition) is 7. The van der Waals surface area contributed by atoms with E-state index in [0.717, 1.165) is 41.1 Å². The maximum Gasteiger partial charge on any atom is 0.418 e. The van der Waals surface area contributed by atoms with E-state index in [-0.39, 0.29) is 58.8 Å². The zero-order valence-corrected chi connectivity index (χ0v) is 29.6. The summed E-state index contributed by atoms with van der Waals surface area (Å²) in [6, 6.07) is 18.9. The fraction of sp³-hybridized carbons (Fsp3) is 0.211. The van der Waals surface area contributed by atoms with E-state index >= 15 is 4.39 Å². The summed E-state index contributed by atoms with van der Waals surface area (Å²) in [5, 5.41) is 17.1. The number of sulfonamides is 1. The molecule has 0 bridgehead atoms. The lowest BCUT2D eigenvalue weighted by Crippen LogP contribution is -2.31. The van der Waals surface area contributed by atoms with Crippen LogP contribution in [-0.4, -0.2) is 43.7 Å². The summed E-state index contributed by atoms with van der Waals surface area (Å²) >= 11 is 0. The molecule has 0 unspecified atom stereocenters. The van der Waals surface area contributed by atoms with Crippen molar-refractivity contribution in [1.82, 2.24) is 14.5 Å². The number of unbranched alkanes of at least 4 members (excludes halogenated alkanes) is 1. The minimum atomic E-state index is -4.88. The Morgan fingerprint density at radius 2 is 1.69 bits per heavy atom. The Bertz CT molecular complexity index is 2370. The zero-order valence-electron chi connectivity index (χ0n) is 28.8. The zero-order chi connectivity index (χ0) is 39.2. The number of aromatic nitrogens is 2. The van der Waals surface area contributed by atoms with Crippen LogP contribution in [0.4, 0.5) is 27.6 Å². The quantitative estimate of drug-likeness (QED) is 0.119. The maximum absolute atomic E-state index is 16.0. The SMILES string of the molecule is CCCCc1nn(-c2cc(NC(=O)COC)ccc2C(F)(F)F)c(C#N)c1Cc1ccc(-c2ccccc2S(=O)(=O)NC(=O)c2ccccc2F)cc1F. The molecule has 2 N–H and O–H groups in total. The molecule has 280 valence electrons. The van der Waals surface area contributed by atoms with Crippen LogP contribution in [0.5, 0.6) is 0 Å². The molecular weight excluding hydrogens is 734 g/mol. The molecular formula is C38H32F5N5O5S. The second kappa shape index (κ2) is 16.4. The third kappa shape index (κ3) is 8.64. The van der Waals surface area contributed by atoms with Gasteiger partial charge in [-0.15, -0.1) is 0 Å². The predicted molar refractivity (Wildman–Crippen MR) is 188 cm³/mol. The minimum absolute atomic E-state index is 0.00757. The second-order valence-corrected chi connectivity index (χ2v) is 13.7. The lowest BCUT2D eigenvalue weighted by molar-refractivity contribution is -0.137. The van der Waals surface area contributed by atoms with E-state index < -0.39 is 61.4 Å². The highest BCUT2D eigenvalue weighted by Gasteiger charge is 2.36. The first-order chi connectivity index (χ1) is 25.7. The van der Waals surface area contributed by atoms with Crippen molar-refractivity contribution in [1.29, 1.82) is 5.26 Å². The highest BCUT2D eigenvalue weighted by atomic mass is 32.2. The minimum Gasteiger partial charge on any atom is -0.375 e. The summed E-state index contributed by atoms with van der Waals surface area (Å²) in [7, 11) is -3.32. The summed E-state index contributed by atoms with van der Waals surface area (Å²) < 4.78 is 107. The van der Waals surface area contributed by atoms with Crippen LogP contribution >= 0.6 is 0 Å². The first kappa shape index (κ1) is 39.3. The molecule has 5 rings (SSSR count). The largest absolute Gasteiger partial charge is 0.418 e. The van der Waals surface area contributed by atoms with E-state index in [9.17, 15) is 40.8 Å². The predicted octanol–water partition coefficient (Wildman–Crippen LogP) is 7.34. The van der Waals surface area contributed by atoms with Gasteiger partial charge in [0.05, 0.1) is 27.4 Å². The lowest BCUT2D eigenvalue weighted by Gasteiger charge is -2.16. The van der Waals surface area contributed by atoms with Crippen molar-refractivity contribution in [3.8, 4) is 22.9 Å². The standard InChI is InChI=1S/C38H32F5N5O5S/c1-3-4-12-32-28(34(21-44)48(46-32)33-20-25(45-36(49)22-53-2)16-17-29(33)38(41,42)43)18-24-15-14-23(19-31(24)40)26-9-6-8-13-35(26)54(51,52)47-37(50)27-10-5-7-11-30(27)39/h5-11,13-17,19-20H,3-4,12,18,22H2,1-2H3,(H,45,49)(H,47,50). The van der Waals surface area contributed by atoms with Crippen LogP contribution in [0.3, 0.4) is 0 Å². The van der Waals surface area contributed by atoms with Crippen molar-refractivity contribution in [2.45, 2.75) is 43.7 Å². The molecule has 16 heteroatoms. The van der Waals surface area contributed by atoms with E-state index in [2.05, 4.69) is 10.4 Å². The number of nitriles is 1. The van der Waals surface area contributed by atoms with E-state index in [1.54, 1.807) is 0 Å². The van der Waals surface area contributed by atoms with Crippen LogP contribution in [0.25, 0.3) is 16.8 Å². The molecule has 0 spiro atoms. The third-order valence-electron chi connectivity index (χ3n) is 8.28. The van der Waals surface area contributed by atoms with Gasteiger partial charge in [-0.05, 0) is 66.4 Å². The van der Waals surface area contributed by atoms with Gasteiger partial charge in [0.25, 0.3) is 15.9 Å². The van der Waals surface area contributed by atoms with Gasteiger partial charge >= 0.3 is 6.18 Å². The number of carbonyl (C=O) groups excluding carboxylic acids is 2. The number of halogens is 5.